The number of nitrogens with one attached hydrogen (secondary N) is 1. The maximum absolute atomic E-state index is 13.9. The minimum Gasteiger partial charge on any atom is -0.489 e. The van der Waals surface area contributed by atoms with Crippen molar-refractivity contribution >= 4 is 50.7 Å². The van der Waals surface area contributed by atoms with E-state index in [9.17, 15) is 18.0 Å². The number of anilines is 1. The minimum atomic E-state index is -3.88. The summed E-state index contributed by atoms with van der Waals surface area (Å²) < 4.78 is 32.6. The molecule has 0 saturated heterocycles. The molecule has 0 aromatic heterocycles. The molecule has 3 aromatic carbocycles. The standard InChI is InChI=1S/C31H37Cl2N3O5S/c1-4-6-19-34-31(38)29(5-2)35(20-26-27(32)13-10-14-28(26)33)30(37)21-36(42(3,39)40)24-15-17-25(18-16-24)41-22-23-11-8-7-9-12-23/h7-18,29H,4-6,19-22H2,1-3H3,(H,34,38)/t29-/m1/s1. The molecule has 0 spiro atoms. The van der Waals surface area contributed by atoms with E-state index in [0.717, 1.165) is 29.0 Å². The lowest BCUT2D eigenvalue weighted by molar-refractivity contribution is -0.140. The predicted octanol–water partition coefficient (Wildman–Crippen LogP) is 6.06. The topological polar surface area (TPSA) is 96.0 Å². The van der Waals surface area contributed by atoms with E-state index in [1.807, 2.05) is 37.3 Å². The Labute approximate surface area is 258 Å². The van der Waals surface area contributed by atoms with Crippen molar-refractivity contribution in [2.45, 2.75) is 52.3 Å². The summed E-state index contributed by atoms with van der Waals surface area (Å²) in [5.41, 5.74) is 1.75. The number of hydrogen-bond donors (Lipinski definition) is 1. The Hall–Kier alpha value is -3.27. The van der Waals surface area contributed by atoms with Gasteiger partial charge in [0.25, 0.3) is 0 Å². The smallest absolute Gasteiger partial charge is 0.244 e. The first kappa shape index (κ1) is 33.2. The van der Waals surface area contributed by atoms with E-state index in [1.165, 1.54) is 4.90 Å². The van der Waals surface area contributed by atoms with Crippen LogP contribution in [0, 0.1) is 0 Å². The lowest BCUT2D eigenvalue weighted by Crippen LogP contribution is -2.52. The second kappa shape index (κ2) is 15.8. The molecule has 3 rings (SSSR count). The fourth-order valence-electron chi connectivity index (χ4n) is 4.34. The van der Waals surface area contributed by atoms with E-state index < -0.39 is 28.5 Å². The van der Waals surface area contributed by atoms with Gasteiger partial charge in [-0.2, -0.15) is 0 Å². The van der Waals surface area contributed by atoms with Crippen molar-refractivity contribution in [2.24, 2.45) is 0 Å². The predicted molar refractivity (Wildman–Crippen MR) is 168 cm³/mol. The Morgan fingerprint density at radius 2 is 1.57 bits per heavy atom. The molecule has 0 aliphatic rings. The summed E-state index contributed by atoms with van der Waals surface area (Å²) in [5.74, 6) is -0.348. The van der Waals surface area contributed by atoms with Crippen LogP contribution < -0.4 is 14.4 Å². The van der Waals surface area contributed by atoms with Crippen LogP contribution in [0.25, 0.3) is 0 Å². The fraction of sp³-hybridized carbons (Fsp3) is 0.355. The van der Waals surface area contributed by atoms with Crippen molar-refractivity contribution in [2.75, 3.05) is 23.7 Å². The summed E-state index contributed by atoms with van der Waals surface area (Å²) in [6.07, 6.45) is 3.02. The quantitative estimate of drug-likeness (QED) is 0.205. The summed E-state index contributed by atoms with van der Waals surface area (Å²) in [6.45, 7) is 4.04. The van der Waals surface area contributed by atoms with Gasteiger partial charge in [-0.25, -0.2) is 8.42 Å². The van der Waals surface area contributed by atoms with E-state index in [2.05, 4.69) is 5.32 Å². The van der Waals surface area contributed by atoms with Crippen molar-refractivity contribution in [3.05, 3.63) is 94.0 Å². The van der Waals surface area contributed by atoms with Crippen LogP contribution in [-0.2, 0) is 32.8 Å². The first-order valence-electron chi connectivity index (χ1n) is 13.8. The van der Waals surface area contributed by atoms with Crippen LogP contribution in [0.15, 0.2) is 72.8 Å². The number of halogens is 2. The molecule has 0 radical (unpaired) electrons. The number of amides is 2. The van der Waals surface area contributed by atoms with Gasteiger partial charge < -0.3 is 15.0 Å². The van der Waals surface area contributed by atoms with E-state index in [4.69, 9.17) is 27.9 Å². The first-order valence-corrected chi connectivity index (χ1v) is 16.4. The molecule has 11 heteroatoms. The molecule has 1 atom stereocenters. The zero-order valence-corrected chi connectivity index (χ0v) is 26.4. The monoisotopic (exact) mass is 633 g/mol. The number of unbranched alkanes of at least 4 members (excludes halogenated alkanes) is 1. The largest absolute Gasteiger partial charge is 0.489 e. The van der Waals surface area contributed by atoms with Gasteiger partial charge in [0, 0.05) is 28.7 Å². The summed E-state index contributed by atoms with van der Waals surface area (Å²) >= 11 is 12.8. The van der Waals surface area contributed by atoms with Crippen LogP contribution >= 0.6 is 23.2 Å². The third kappa shape index (κ3) is 9.37. The Balaban J connectivity index is 1.87. The number of nitrogens with zero attached hydrogens (tertiary/aromatic N) is 2. The maximum atomic E-state index is 13.9. The summed E-state index contributed by atoms with van der Waals surface area (Å²) in [4.78, 5) is 28.4. The number of carbonyl (C=O) groups is 2. The number of rotatable bonds is 15. The second-order valence-electron chi connectivity index (χ2n) is 9.83. The van der Waals surface area contributed by atoms with Crippen molar-refractivity contribution in [3.63, 3.8) is 0 Å². The number of hydrogen-bond acceptors (Lipinski definition) is 5. The Morgan fingerprint density at radius 1 is 0.929 bits per heavy atom. The highest BCUT2D eigenvalue weighted by Gasteiger charge is 2.32. The van der Waals surface area contributed by atoms with E-state index in [-0.39, 0.29) is 18.1 Å². The molecule has 0 aliphatic heterocycles. The maximum Gasteiger partial charge on any atom is 0.244 e. The Bertz CT molecular complexity index is 1420. The van der Waals surface area contributed by atoms with Crippen LogP contribution in [0.5, 0.6) is 5.75 Å². The van der Waals surface area contributed by atoms with Gasteiger partial charge in [0.15, 0.2) is 0 Å². The van der Waals surface area contributed by atoms with Gasteiger partial charge in [-0.05, 0) is 54.8 Å². The first-order chi connectivity index (χ1) is 20.0. The number of benzene rings is 3. The van der Waals surface area contributed by atoms with Crippen molar-refractivity contribution in [1.29, 1.82) is 0 Å². The zero-order chi connectivity index (χ0) is 30.7. The molecular formula is C31H37Cl2N3O5S. The molecule has 2 amide bonds. The van der Waals surface area contributed by atoms with E-state index in [0.29, 0.717) is 40.9 Å². The highest BCUT2D eigenvalue weighted by Crippen LogP contribution is 2.28. The van der Waals surface area contributed by atoms with Gasteiger partial charge in [0.05, 0.1) is 11.9 Å². The molecule has 0 unspecified atom stereocenters. The van der Waals surface area contributed by atoms with Crippen LogP contribution in [0.4, 0.5) is 5.69 Å². The fourth-order valence-corrected chi connectivity index (χ4v) is 5.71. The third-order valence-electron chi connectivity index (χ3n) is 6.66. The summed E-state index contributed by atoms with van der Waals surface area (Å²) in [7, 11) is -3.88. The number of ether oxygens (including phenoxy) is 1. The molecule has 3 aromatic rings. The van der Waals surface area contributed by atoms with Crippen LogP contribution in [-0.4, -0.2) is 50.5 Å². The summed E-state index contributed by atoms with van der Waals surface area (Å²) in [5, 5.41) is 3.57. The van der Waals surface area contributed by atoms with Gasteiger partial charge in [-0.15, -0.1) is 0 Å². The van der Waals surface area contributed by atoms with Gasteiger partial charge in [-0.3, -0.25) is 13.9 Å². The van der Waals surface area contributed by atoms with E-state index in [1.54, 1.807) is 49.4 Å². The van der Waals surface area contributed by atoms with Gasteiger partial charge in [-0.1, -0.05) is 79.9 Å². The molecule has 0 bridgehead atoms. The average molecular weight is 635 g/mol. The lowest BCUT2D eigenvalue weighted by Gasteiger charge is -2.33. The SMILES string of the molecule is CCCCNC(=O)[C@@H](CC)N(Cc1c(Cl)cccc1Cl)C(=O)CN(c1ccc(OCc2ccccc2)cc1)S(C)(=O)=O. The van der Waals surface area contributed by atoms with Crippen molar-refractivity contribution in [1.82, 2.24) is 10.2 Å². The van der Waals surface area contributed by atoms with Crippen LogP contribution in [0.3, 0.4) is 0 Å². The Morgan fingerprint density at radius 3 is 2.14 bits per heavy atom. The highest BCUT2D eigenvalue weighted by atomic mass is 35.5. The molecule has 226 valence electrons. The molecule has 0 heterocycles. The molecule has 8 nitrogen and oxygen atoms in total. The zero-order valence-electron chi connectivity index (χ0n) is 24.1. The van der Waals surface area contributed by atoms with Crippen molar-refractivity contribution in [3.8, 4) is 5.75 Å². The van der Waals surface area contributed by atoms with E-state index >= 15 is 0 Å². The molecule has 1 N–H and O–H groups in total. The third-order valence-corrected chi connectivity index (χ3v) is 8.51. The second-order valence-corrected chi connectivity index (χ2v) is 12.5. The molecule has 0 saturated carbocycles. The average Bonchev–Trinajstić information content (AvgIpc) is 2.96. The molecular weight excluding hydrogens is 597 g/mol. The van der Waals surface area contributed by atoms with Gasteiger partial charge in [0.1, 0.15) is 24.9 Å². The van der Waals surface area contributed by atoms with Crippen molar-refractivity contribution < 1.29 is 22.7 Å². The Kier molecular flexibility index (Phi) is 12.5. The van der Waals surface area contributed by atoms with Crippen LogP contribution in [0.2, 0.25) is 10.0 Å². The molecule has 0 aliphatic carbocycles. The summed E-state index contributed by atoms with van der Waals surface area (Å²) in [6, 6.07) is 20.2. The van der Waals surface area contributed by atoms with Gasteiger partial charge in [0.2, 0.25) is 21.8 Å². The van der Waals surface area contributed by atoms with Crippen LogP contribution in [0.1, 0.15) is 44.2 Å². The van der Waals surface area contributed by atoms with Gasteiger partial charge >= 0.3 is 0 Å². The highest BCUT2D eigenvalue weighted by molar-refractivity contribution is 7.92. The molecule has 0 fully saturated rings. The molecule has 42 heavy (non-hydrogen) atoms. The number of sulfonamides is 1. The minimum absolute atomic E-state index is 0.0685. The number of carbonyl (C=O) groups excluding carboxylic acids is 2. The lowest BCUT2D eigenvalue weighted by atomic mass is 10.1. The normalized spacial score (nSPS) is 11.9.